The summed E-state index contributed by atoms with van der Waals surface area (Å²) in [7, 11) is 0. The molecule has 0 amide bonds. The van der Waals surface area contributed by atoms with Crippen LogP contribution < -0.4 is 0 Å². The number of nitrogens with one attached hydrogen (secondary N) is 1. The van der Waals surface area contributed by atoms with E-state index in [0.717, 1.165) is 11.9 Å². The molecule has 2 aromatic heterocycles. The maximum Gasteiger partial charge on any atom is 0.208 e. The van der Waals surface area contributed by atoms with Crippen molar-refractivity contribution in [2.75, 3.05) is 0 Å². The summed E-state index contributed by atoms with van der Waals surface area (Å²) in [4.78, 5) is 5.53. The zero-order valence-corrected chi connectivity index (χ0v) is 12.5. The molecule has 0 aliphatic carbocycles. The molecule has 0 unspecified atom stereocenters. The van der Waals surface area contributed by atoms with Gasteiger partial charge in [0.15, 0.2) is 11.6 Å². The van der Waals surface area contributed by atoms with Crippen molar-refractivity contribution >= 4 is 23.1 Å². The van der Waals surface area contributed by atoms with E-state index in [-0.39, 0.29) is 0 Å². The first kappa shape index (κ1) is 14.2. The molecule has 0 saturated carbocycles. The molecular weight excluding hydrogens is 312 g/mol. The van der Waals surface area contributed by atoms with Crippen LogP contribution in [0.5, 0.6) is 0 Å². The minimum Gasteiger partial charge on any atom is -0.262 e. The molecule has 3 rings (SSSR count). The van der Waals surface area contributed by atoms with E-state index in [4.69, 9.17) is 0 Å². The molecule has 0 atom stereocenters. The number of halogens is 2. The highest BCUT2D eigenvalue weighted by molar-refractivity contribution is 7.98. The Morgan fingerprint density at radius 3 is 2.90 bits per heavy atom. The molecule has 0 bridgehead atoms. The lowest BCUT2D eigenvalue weighted by molar-refractivity contribution is 0.502. The van der Waals surface area contributed by atoms with Crippen molar-refractivity contribution in [2.24, 2.45) is 0 Å². The molecule has 7 heteroatoms. The molecule has 2 heterocycles. The molecule has 1 N–H and O–H groups in total. The Morgan fingerprint density at radius 1 is 1.19 bits per heavy atom. The van der Waals surface area contributed by atoms with Crippen LogP contribution in [0.3, 0.4) is 0 Å². The van der Waals surface area contributed by atoms with Crippen molar-refractivity contribution in [3.8, 4) is 0 Å². The van der Waals surface area contributed by atoms with E-state index < -0.39 is 11.6 Å². The highest BCUT2D eigenvalue weighted by Gasteiger charge is 2.10. The second-order valence-corrected chi connectivity index (χ2v) is 6.30. The Hall–Kier alpha value is -1.73. The molecule has 0 radical (unpaired) electrons. The van der Waals surface area contributed by atoms with Gasteiger partial charge < -0.3 is 0 Å². The molecule has 1 aromatic carbocycles. The fourth-order valence-corrected chi connectivity index (χ4v) is 3.30. The van der Waals surface area contributed by atoms with Gasteiger partial charge in [-0.1, -0.05) is 30.0 Å². The number of hydrogen-bond acceptors (Lipinski definition) is 4. The number of hydrogen-bond donors (Lipinski definition) is 1. The van der Waals surface area contributed by atoms with Gasteiger partial charge in [0, 0.05) is 22.6 Å². The minimum absolute atomic E-state index is 0.292. The van der Waals surface area contributed by atoms with Crippen LogP contribution in [-0.4, -0.2) is 15.2 Å². The predicted octanol–water partition coefficient (Wildman–Crippen LogP) is 4.03. The highest BCUT2D eigenvalue weighted by Crippen LogP contribution is 2.22. The fourth-order valence-electron chi connectivity index (χ4n) is 1.80. The first-order chi connectivity index (χ1) is 10.2. The number of benzene rings is 1. The molecule has 0 spiro atoms. The third kappa shape index (κ3) is 3.48. The SMILES string of the molecule is Fc1cccc(CSc2n[nH]c(Cc3cccs3)n2)c1F. The number of aromatic amines is 1. The molecule has 21 heavy (non-hydrogen) atoms. The molecule has 0 aliphatic rings. The zero-order chi connectivity index (χ0) is 14.7. The standard InChI is InChI=1S/C14H11F2N3S2/c15-11-5-1-3-9(13(11)16)8-21-14-17-12(18-19-14)7-10-4-2-6-20-10/h1-6H,7-8H2,(H,17,18,19). The van der Waals surface area contributed by atoms with Crippen LogP contribution >= 0.6 is 23.1 Å². The Kier molecular flexibility index (Phi) is 4.31. The van der Waals surface area contributed by atoms with Crippen molar-refractivity contribution in [3.63, 3.8) is 0 Å². The number of H-pyrrole nitrogens is 1. The number of nitrogens with zero attached hydrogens (tertiary/aromatic N) is 2. The number of thioether (sulfide) groups is 1. The zero-order valence-electron chi connectivity index (χ0n) is 10.8. The van der Waals surface area contributed by atoms with E-state index >= 15 is 0 Å². The van der Waals surface area contributed by atoms with E-state index in [0.29, 0.717) is 22.9 Å². The summed E-state index contributed by atoms with van der Waals surface area (Å²) < 4.78 is 26.6. The van der Waals surface area contributed by atoms with E-state index in [1.54, 1.807) is 17.4 Å². The Balaban J connectivity index is 1.63. The Bertz CT molecular complexity index is 726. The number of thiophene rings is 1. The summed E-state index contributed by atoms with van der Waals surface area (Å²) in [6.45, 7) is 0. The van der Waals surface area contributed by atoms with Crippen molar-refractivity contribution in [3.05, 3.63) is 63.6 Å². The summed E-state index contributed by atoms with van der Waals surface area (Å²) in [6, 6.07) is 8.18. The van der Waals surface area contributed by atoms with Gasteiger partial charge in [0.2, 0.25) is 5.16 Å². The van der Waals surface area contributed by atoms with E-state index in [1.165, 1.54) is 22.7 Å². The summed E-state index contributed by atoms with van der Waals surface area (Å²) >= 11 is 2.93. The van der Waals surface area contributed by atoms with Crippen molar-refractivity contribution in [2.45, 2.75) is 17.3 Å². The molecule has 0 saturated heterocycles. The largest absolute Gasteiger partial charge is 0.262 e. The van der Waals surface area contributed by atoms with Gasteiger partial charge in [-0.3, -0.25) is 5.10 Å². The predicted molar refractivity (Wildman–Crippen MR) is 79.4 cm³/mol. The summed E-state index contributed by atoms with van der Waals surface area (Å²) in [5.74, 6) is -0.583. The molecule has 3 aromatic rings. The van der Waals surface area contributed by atoms with Crippen LogP contribution in [0.25, 0.3) is 0 Å². The second-order valence-electron chi connectivity index (χ2n) is 4.32. The van der Waals surface area contributed by atoms with Gasteiger partial charge in [-0.15, -0.1) is 16.4 Å². The number of aromatic nitrogens is 3. The molecule has 108 valence electrons. The minimum atomic E-state index is -0.832. The molecule has 0 aliphatic heterocycles. The first-order valence-electron chi connectivity index (χ1n) is 6.22. The average molecular weight is 323 g/mol. The van der Waals surface area contributed by atoms with Gasteiger partial charge >= 0.3 is 0 Å². The second kappa shape index (κ2) is 6.36. The first-order valence-corrected chi connectivity index (χ1v) is 8.08. The van der Waals surface area contributed by atoms with Crippen molar-refractivity contribution in [1.82, 2.24) is 15.2 Å². The topological polar surface area (TPSA) is 41.6 Å². The lowest BCUT2D eigenvalue weighted by Crippen LogP contribution is -1.92. The summed E-state index contributed by atoms with van der Waals surface area (Å²) in [5.41, 5.74) is 0.310. The lowest BCUT2D eigenvalue weighted by Gasteiger charge is -2.01. The normalized spacial score (nSPS) is 11.0. The smallest absolute Gasteiger partial charge is 0.208 e. The molecular formula is C14H11F2N3S2. The van der Waals surface area contributed by atoms with Gasteiger partial charge in [0.05, 0.1) is 0 Å². The summed E-state index contributed by atoms with van der Waals surface area (Å²) in [6.07, 6.45) is 0.694. The van der Waals surface area contributed by atoms with Crippen LogP contribution in [0.1, 0.15) is 16.3 Å². The fraction of sp³-hybridized carbons (Fsp3) is 0.143. The van der Waals surface area contributed by atoms with Gasteiger partial charge in [-0.25, -0.2) is 13.8 Å². The maximum absolute atomic E-state index is 13.5. The Labute approximate surface area is 128 Å². The monoisotopic (exact) mass is 323 g/mol. The van der Waals surface area contributed by atoms with Crippen LogP contribution in [0.15, 0.2) is 40.9 Å². The van der Waals surface area contributed by atoms with Crippen LogP contribution in [0, 0.1) is 11.6 Å². The van der Waals surface area contributed by atoms with Crippen molar-refractivity contribution in [1.29, 1.82) is 0 Å². The van der Waals surface area contributed by atoms with Crippen LogP contribution in [-0.2, 0) is 12.2 Å². The van der Waals surface area contributed by atoms with Gasteiger partial charge in [-0.2, -0.15) is 0 Å². The average Bonchev–Trinajstić information content (AvgIpc) is 3.13. The van der Waals surface area contributed by atoms with E-state index in [2.05, 4.69) is 15.2 Å². The quantitative estimate of drug-likeness (QED) is 0.721. The van der Waals surface area contributed by atoms with Gasteiger partial charge in [0.25, 0.3) is 0 Å². The molecule has 0 fully saturated rings. The highest BCUT2D eigenvalue weighted by atomic mass is 32.2. The summed E-state index contributed by atoms with van der Waals surface area (Å²) in [5, 5.41) is 9.48. The van der Waals surface area contributed by atoms with Gasteiger partial charge in [-0.05, 0) is 17.5 Å². The Morgan fingerprint density at radius 2 is 2.10 bits per heavy atom. The maximum atomic E-state index is 13.5. The van der Waals surface area contributed by atoms with Crippen molar-refractivity contribution < 1.29 is 8.78 Å². The third-order valence-corrected chi connectivity index (χ3v) is 4.59. The molecule has 3 nitrogen and oxygen atoms in total. The lowest BCUT2D eigenvalue weighted by atomic mass is 10.2. The van der Waals surface area contributed by atoms with Crippen LogP contribution in [0.4, 0.5) is 8.78 Å². The van der Waals surface area contributed by atoms with Gasteiger partial charge in [0.1, 0.15) is 5.82 Å². The van der Waals surface area contributed by atoms with E-state index in [1.807, 2.05) is 17.5 Å². The van der Waals surface area contributed by atoms with Crippen LogP contribution in [0.2, 0.25) is 0 Å². The number of rotatable bonds is 5. The van der Waals surface area contributed by atoms with E-state index in [9.17, 15) is 8.78 Å². The third-order valence-electron chi connectivity index (χ3n) is 2.82.